The van der Waals surface area contributed by atoms with Crippen molar-refractivity contribution in [2.24, 2.45) is 0 Å². The Balaban J connectivity index is 1.90. The molecule has 0 aliphatic heterocycles. The zero-order valence-electron chi connectivity index (χ0n) is 12.5. The summed E-state index contributed by atoms with van der Waals surface area (Å²) < 4.78 is 27.9. The molecule has 0 unspecified atom stereocenters. The van der Waals surface area contributed by atoms with E-state index in [2.05, 4.69) is 4.72 Å². The molecule has 0 aromatic heterocycles. The molecule has 23 heavy (non-hydrogen) atoms. The molecule has 0 saturated carbocycles. The van der Waals surface area contributed by atoms with Gasteiger partial charge in [0.25, 0.3) is 0 Å². The maximum absolute atomic E-state index is 12.6. The van der Waals surface area contributed by atoms with Gasteiger partial charge in [0.2, 0.25) is 10.0 Å². The third-order valence-electron chi connectivity index (χ3n) is 3.71. The molecule has 118 valence electrons. The van der Waals surface area contributed by atoms with Crippen molar-refractivity contribution in [2.45, 2.75) is 17.9 Å². The second kappa shape index (κ2) is 6.32. The predicted octanol–water partition coefficient (Wildman–Crippen LogP) is 4.53. The molecule has 1 N–H and O–H groups in total. The minimum absolute atomic E-state index is 0.255. The monoisotopic (exact) mass is 345 g/mol. The lowest BCUT2D eigenvalue weighted by Gasteiger charge is -2.15. The Hall–Kier alpha value is -1.88. The Morgan fingerprint density at radius 2 is 1.65 bits per heavy atom. The molecule has 5 heteroatoms. The second-order valence-electron chi connectivity index (χ2n) is 5.41. The molecule has 3 rings (SSSR count). The molecule has 0 saturated heterocycles. The van der Waals surface area contributed by atoms with Crippen molar-refractivity contribution in [3.63, 3.8) is 0 Å². The molecular formula is C18H16ClNO2S. The van der Waals surface area contributed by atoms with Gasteiger partial charge in [0, 0.05) is 11.1 Å². The number of hydrogen-bond donors (Lipinski definition) is 1. The Labute approximate surface area is 141 Å². The second-order valence-corrected chi connectivity index (χ2v) is 7.56. The minimum atomic E-state index is -3.61. The van der Waals surface area contributed by atoms with Crippen molar-refractivity contribution in [3.8, 4) is 0 Å². The van der Waals surface area contributed by atoms with Gasteiger partial charge in [-0.15, -0.1) is 0 Å². The highest BCUT2D eigenvalue weighted by Crippen LogP contribution is 2.22. The van der Waals surface area contributed by atoms with Crippen molar-refractivity contribution >= 4 is 32.4 Å². The maximum Gasteiger partial charge on any atom is 0.241 e. The molecule has 3 aromatic rings. The quantitative estimate of drug-likeness (QED) is 0.755. The van der Waals surface area contributed by atoms with Crippen LogP contribution in [-0.4, -0.2) is 8.42 Å². The number of fused-ring (bicyclic) bond motifs is 1. The summed E-state index contributed by atoms with van der Waals surface area (Å²) in [6.45, 7) is 1.80. The average Bonchev–Trinajstić information content (AvgIpc) is 2.54. The summed E-state index contributed by atoms with van der Waals surface area (Å²) in [7, 11) is -3.61. The van der Waals surface area contributed by atoms with Gasteiger partial charge in [-0.2, -0.15) is 0 Å². The molecule has 0 amide bonds. The lowest BCUT2D eigenvalue weighted by molar-refractivity contribution is 0.567. The van der Waals surface area contributed by atoms with Gasteiger partial charge < -0.3 is 0 Å². The number of sulfonamides is 1. The molecule has 0 aliphatic rings. The Bertz CT molecular complexity index is 954. The smallest absolute Gasteiger partial charge is 0.207 e. The zero-order chi connectivity index (χ0) is 16.4. The van der Waals surface area contributed by atoms with Gasteiger partial charge in [-0.1, -0.05) is 54.1 Å². The summed E-state index contributed by atoms with van der Waals surface area (Å²) in [4.78, 5) is 0.255. The summed E-state index contributed by atoms with van der Waals surface area (Å²) >= 11 is 5.97. The van der Waals surface area contributed by atoms with E-state index < -0.39 is 10.0 Å². The van der Waals surface area contributed by atoms with Crippen LogP contribution in [0.3, 0.4) is 0 Å². The summed E-state index contributed by atoms with van der Waals surface area (Å²) in [6, 6.07) is 19.6. The molecule has 3 nitrogen and oxygen atoms in total. The molecule has 0 heterocycles. The molecule has 3 aromatic carbocycles. The summed E-state index contributed by atoms with van der Waals surface area (Å²) in [5.41, 5.74) is 0.821. The number of benzene rings is 3. The fourth-order valence-corrected chi connectivity index (χ4v) is 3.94. The fraction of sp³-hybridized carbons (Fsp3) is 0.111. The third-order valence-corrected chi connectivity index (χ3v) is 5.49. The van der Waals surface area contributed by atoms with E-state index in [1.54, 1.807) is 37.3 Å². The largest absolute Gasteiger partial charge is 0.241 e. The van der Waals surface area contributed by atoms with Crippen molar-refractivity contribution in [1.29, 1.82) is 0 Å². The summed E-state index contributed by atoms with van der Waals surface area (Å²) in [5.74, 6) is 0. The van der Waals surface area contributed by atoms with Crippen molar-refractivity contribution in [1.82, 2.24) is 4.72 Å². The molecule has 0 bridgehead atoms. The highest BCUT2D eigenvalue weighted by Gasteiger charge is 2.18. The molecule has 0 fully saturated rings. The fourth-order valence-electron chi connectivity index (χ4n) is 2.48. The van der Waals surface area contributed by atoms with Crippen LogP contribution in [0.25, 0.3) is 10.8 Å². The van der Waals surface area contributed by atoms with Crippen LogP contribution in [0.5, 0.6) is 0 Å². The lowest BCUT2D eigenvalue weighted by Crippen LogP contribution is -2.26. The number of nitrogens with one attached hydrogen (secondary N) is 1. The normalized spacial score (nSPS) is 13.1. The van der Waals surface area contributed by atoms with Gasteiger partial charge in [0.15, 0.2) is 0 Å². The van der Waals surface area contributed by atoms with Crippen LogP contribution in [-0.2, 0) is 10.0 Å². The highest BCUT2D eigenvalue weighted by molar-refractivity contribution is 7.89. The van der Waals surface area contributed by atoms with Crippen molar-refractivity contribution in [3.05, 3.63) is 77.3 Å². The van der Waals surface area contributed by atoms with E-state index in [4.69, 9.17) is 11.6 Å². The lowest BCUT2D eigenvalue weighted by atomic mass is 10.1. The molecule has 0 spiro atoms. The van der Waals surface area contributed by atoms with E-state index in [1.807, 2.05) is 36.4 Å². The SMILES string of the molecule is C[C@H](NS(=O)(=O)c1ccc2ccccc2c1)c1cccc(Cl)c1. The minimum Gasteiger partial charge on any atom is -0.207 e. The predicted molar refractivity (Wildman–Crippen MR) is 94.1 cm³/mol. The van der Waals surface area contributed by atoms with Crippen LogP contribution in [0.4, 0.5) is 0 Å². The third kappa shape index (κ3) is 3.55. The van der Waals surface area contributed by atoms with E-state index >= 15 is 0 Å². The maximum atomic E-state index is 12.6. The standard InChI is InChI=1S/C18H16ClNO2S/c1-13(15-7-4-8-17(19)11-15)20-23(21,22)18-10-9-14-5-2-3-6-16(14)12-18/h2-13,20H,1H3/t13-/m0/s1. The van der Waals surface area contributed by atoms with Gasteiger partial charge in [-0.3, -0.25) is 0 Å². The first-order valence-corrected chi connectivity index (χ1v) is 9.08. The van der Waals surface area contributed by atoms with Crippen LogP contribution in [0, 0.1) is 0 Å². The van der Waals surface area contributed by atoms with Gasteiger partial charge in [-0.05, 0) is 47.5 Å². The summed E-state index contributed by atoms with van der Waals surface area (Å²) in [6.07, 6.45) is 0. The molecular weight excluding hydrogens is 330 g/mol. The van der Waals surface area contributed by atoms with Crippen LogP contribution in [0.1, 0.15) is 18.5 Å². The van der Waals surface area contributed by atoms with Gasteiger partial charge >= 0.3 is 0 Å². The van der Waals surface area contributed by atoms with E-state index in [1.165, 1.54) is 0 Å². The number of halogens is 1. The van der Waals surface area contributed by atoms with Gasteiger partial charge in [0.05, 0.1) is 4.90 Å². The van der Waals surface area contributed by atoms with Crippen LogP contribution in [0.15, 0.2) is 71.6 Å². The first kappa shape index (κ1) is 16.0. The number of rotatable bonds is 4. The molecule has 1 atom stereocenters. The van der Waals surface area contributed by atoms with E-state index in [0.29, 0.717) is 5.02 Å². The zero-order valence-corrected chi connectivity index (χ0v) is 14.1. The van der Waals surface area contributed by atoms with E-state index in [-0.39, 0.29) is 10.9 Å². The van der Waals surface area contributed by atoms with Crippen LogP contribution >= 0.6 is 11.6 Å². The molecule has 0 radical (unpaired) electrons. The Kier molecular flexibility index (Phi) is 4.39. The average molecular weight is 346 g/mol. The van der Waals surface area contributed by atoms with Crippen molar-refractivity contribution in [2.75, 3.05) is 0 Å². The first-order chi connectivity index (χ1) is 11.0. The Morgan fingerprint density at radius 3 is 2.39 bits per heavy atom. The van der Waals surface area contributed by atoms with E-state index in [0.717, 1.165) is 16.3 Å². The van der Waals surface area contributed by atoms with E-state index in [9.17, 15) is 8.42 Å². The van der Waals surface area contributed by atoms with Crippen LogP contribution < -0.4 is 4.72 Å². The van der Waals surface area contributed by atoms with Gasteiger partial charge in [-0.25, -0.2) is 13.1 Å². The Morgan fingerprint density at radius 1 is 0.913 bits per heavy atom. The summed E-state index contributed by atoms with van der Waals surface area (Å²) in [5, 5.41) is 2.49. The molecule has 0 aliphatic carbocycles. The first-order valence-electron chi connectivity index (χ1n) is 7.22. The van der Waals surface area contributed by atoms with Crippen molar-refractivity contribution < 1.29 is 8.42 Å². The highest BCUT2D eigenvalue weighted by atomic mass is 35.5. The van der Waals surface area contributed by atoms with Gasteiger partial charge in [0.1, 0.15) is 0 Å². The number of hydrogen-bond acceptors (Lipinski definition) is 2. The topological polar surface area (TPSA) is 46.2 Å². The van der Waals surface area contributed by atoms with Crippen LogP contribution in [0.2, 0.25) is 5.02 Å².